The normalized spacial score (nSPS) is 31.5. The summed E-state index contributed by atoms with van der Waals surface area (Å²) in [4.78, 5) is 13.4. The molecule has 0 radical (unpaired) electrons. The summed E-state index contributed by atoms with van der Waals surface area (Å²) in [6, 6.07) is 0. The Balaban J connectivity index is 2.55. The first-order valence-corrected chi connectivity index (χ1v) is 5.14. The first kappa shape index (κ1) is 10.9. The molecule has 1 heterocycles. The van der Waals surface area contributed by atoms with E-state index in [0.29, 0.717) is 13.1 Å². The summed E-state index contributed by atoms with van der Waals surface area (Å²) < 4.78 is 5.53. The van der Waals surface area contributed by atoms with E-state index in [1.165, 1.54) is 0 Å². The summed E-state index contributed by atoms with van der Waals surface area (Å²) in [6.07, 6.45) is 0.277. The fourth-order valence-corrected chi connectivity index (χ4v) is 1.79. The summed E-state index contributed by atoms with van der Waals surface area (Å²) in [6.45, 7) is 7.15. The average molecular weight is 203 g/mol. The highest BCUT2D eigenvalue weighted by atomic mass is 32.1. The fourth-order valence-electron chi connectivity index (χ4n) is 1.62. The van der Waals surface area contributed by atoms with Crippen LogP contribution in [0.4, 0.5) is 0 Å². The molecule has 76 valence electrons. The Labute approximate surface area is 84.8 Å². The van der Waals surface area contributed by atoms with E-state index in [-0.39, 0.29) is 23.4 Å². The molecule has 1 aliphatic rings. The number of morpholine rings is 1. The van der Waals surface area contributed by atoms with Crippen molar-refractivity contribution in [2.75, 3.05) is 13.1 Å². The zero-order valence-electron chi connectivity index (χ0n) is 8.36. The first-order chi connectivity index (χ1) is 6.00. The van der Waals surface area contributed by atoms with Crippen LogP contribution < -0.4 is 0 Å². The Morgan fingerprint density at radius 1 is 1.46 bits per heavy atom. The Kier molecular flexibility index (Phi) is 3.62. The lowest BCUT2D eigenvalue weighted by atomic mass is 10.2. The molecule has 0 aromatic carbocycles. The van der Waals surface area contributed by atoms with Crippen molar-refractivity contribution in [3.8, 4) is 0 Å². The van der Waals surface area contributed by atoms with Crippen molar-refractivity contribution in [1.29, 1.82) is 0 Å². The summed E-state index contributed by atoms with van der Waals surface area (Å²) in [5.74, 6) is 0.102. The van der Waals surface area contributed by atoms with E-state index in [1.54, 1.807) is 6.92 Å². The van der Waals surface area contributed by atoms with Crippen LogP contribution in [0, 0.1) is 0 Å². The van der Waals surface area contributed by atoms with Crippen molar-refractivity contribution < 1.29 is 9.53 Å². The third kappa shape index (κ3) is 2.88. The molecule has 13 heavy (non-hydrogen) atoms. The number of rotatable bonds is 1. The number of carbonyl (C=O) groups excluding carboxylic acids is 1. The molecule has 1 saturated heterocycles. The summed E-state index contributed by atoms with van der Waals surface area (Å²) in [5, 5.41) is -0.211. The van der Waals surface area contributed by atoms with Gasteiger partial charge >= 0.3 is 0 Å². The van der Waals surface area contributed by atoms with Crippen LogP contribution in [0.15, 0.2) is 0 Å². The minimum Gasteiger partial charge on any atom is -0.372 e. The average Bonchev–Trinajstić information content (AvgIpc) is 2.01. The molecule has 3 nitrogen and oxygen atoms in total. The van der Waals surface area contributed by atoms with Crippen molar-refractivity contribution in [2.24, 2.45) is 0 Å². The molecule has 0 aromatic heterocycles. The quantitative estimate of drug-likeness (QED) is 0.643. The van der Waals surface area contributed by atoms with Gasteiger partial charge in [0.2, 0.25) is 5.91 Å². The van der Waals surface area contributed by atoms with Gasteiger partial charge in [-0.05, 0) is 20.8 Å². The lowest BCUT2D eigenvalue weighted by Crippen LogP contribution is -2.50. The van der Waals surface area contributed by atoms with Gasteiger partial charge in [0.15, 0.2) is 0 Å². The smallest absolute Gasteiger partial charge is 0.235 e. The van der Waals surface area contributed by atoms with Crippen molar-refractivity contribution >= 4 is 18.5 Å². The molecule has 0 N–H and O–H groups in total. The number of amides is 1. The second-order valence-electron chi connectivity index (χ2n) is 3.68. The number of carbonyl (C=O) groups is 1. The van der Waals surface area contributed by atoms with Crippen LogP contribution in [-0.2, 0) is 9.53 Å². The molecular formula is C9H17NO2S. The van der Waals surface area contributed by atoms with Crippen molar-refractivity contribution in [2.45, 2.75) is 38.2 Å². The Morgan fingerprint density at radius 3 is 2.31 bits per heavy atom. The fraction of sp³-hybridized carbons (Fsp3) is 0.889. The van der Waals surface area contributed by atoms with Gasteiger partial charge in [-0.25, -0.2) is 0 Å². The van der Waals surface area contributed by atoms with Gasteiger partial charge in [0.25, 0.3) is 0 Å². The van der Waals surface area contributed by atoms with Gasteiger partial charge in [-0.2, -0.15) is 12.6 Å². The number of hydrogen-bond donors (Lipinski definition) is 1. The van der Waals surface area contributed by atoms with E-state index >= 15 is 0 Å². The van der Waals surface area contributed by atoms with Gasteiger partial charge in [-0.15, -0.1) is 0 Å². The lowest BCUT2D eigenvalue weighted by Gasteiger charge is -2.36. The molecule has 0 saturated carbocycles. The standard InChI is InChI=1S/C9H17NO2S/c1-6-4-10(5-7(2)12-6)9(11)8(3)13/h6-8,13H,4-5H2,1-3H3. The number of nitrogens with zero attached hydrogens (tertiary/aromatic N) is 1. The van der Waals surface area contributed by atoms with E-state index in [9.17, 15) is 4.79 Å². The summed E-state index contributed by atoms with van der Waals surface area (Å²) >= 11 is 4.13. The maximum Gasteiger partial charge on any atom is 0.235 e. The van der Waals surface area contributed by atoms with Crippen LogP contribution in [0.25, 0.3) is 0 Å². The van der Waals surface area contributed by atoms with E-state index < -0.39 is 0 Å². The number of thiol groups is 1. The molecular weight excluding hydrogens is 186 g/mol. The topological polar surface area (TPSA) is 29.5 Å². The zero-order valence-corrected chi connectivity index (χ0v) is 9.25. The van der Waals surface area contributed by atoms with Gasteiger partial charge in [-0.3, -0.25) is 4.79 Å². The molecule has 1 fully saturated rings. The highest BCUT2D eigenvalue weighted by molar-refractivity contribution is 7.81. The molecule has 1 aliphatic heterocycles. The Bertz CT molecular complexity index is 186. The van der Waals surface area contributed by atoms with Gasteiger partial charge in [0, 0.05) is 13.1 Å². The molecule has 0 bridgehead atoms. The zero-order chi connectivity index (χ0) is 10.0. The number of ether oxygens (including phenoxy) is 1. The van der Waals surface area contributed by atoms with Gasteiger partial charge in [-0.1, -0.05) is 0 Å². The van der Waals surface area contributed by atoms with Crippen LogP contribution in [0.5, 0.6) is 0 Å². The van der Waals surface area contributed by atoms with E-state index in [0.717, 1.165) is 0 Å². The van der Waals surface area contributed by atoms with Crippen LogP contribution >= 0.6 is 12.6 Å². The third-order valence-corrected chi connectivity index (χ3v) is 2.31. The van der Waals surface area contributed by atoms with E-state index in [4.69, 9.17) is 4.74 Å². The van der Waals surface area contributed by atoms with Crippen LogP contribution in [0.2, 0.25) is 0 Å². The van der Waals surface area contributed by atoms with Crippen molar-refractivity contribution in [1.82, 2.24) is 4.90 Å². The third-order valence-electron chi connectivity index (χ3n) is 2.09. The van der Waals surface area contributed by atoms with Crippen LogP contribution in [-0.4, -0.2) is 41.4 Å². The highest BCUT2D eigenvalue weighted by Gasteiger charge is 2.27. The monoisotopic (exact) mass is 203 g/mol. The Morgan fingerprint density at radius 2 is 1.92 bits per heavy atom. The van der Waals surface area contributed by atoms with Crippen LogP contribution in [0.1, 0.15) is 20.8 Å². The largest absolute Gasteiger partial charge is 0.372 e. The van der Waals surface area contributed by atoms with Crippen molar-refractivity contribution in [3.05, 3.63) is 0 Å². The first-order valence-electron chi connectivity index (χ1n) is 4.63. The second kappa shape index (κ2) is 4.33. The molecule has 0 aliphatic carbocycles. The second-order valence-corrected chi connectivity index (χ2v) is 4.45. The highest BCUT2D eigenvalue weighted by Crippen LogP contribution is 2.12. The minimum absolute atomic E-state index is 0.102. The predicted octanol–water partition coefficient (Wildman–Crippen LogP) is 0.941. The lowest BCUT2D eigenvalue weighted by molar-refractivity contribution is -0.142. The van der Waals surface area contributed by atoms with Gasteiger partial charge in [0.05, 0.1) is 17.5 Å². The minimum atomic E-state index is -0.211. The Hall–Kier alpha value is -0.220. The van der Waals surface area contributed by atoms with Gasteiger partial charge in [0.1, 0.15) is 0 Å². The number of hydrogen-bond acceptors (Lipinski definition) is 3. The summed E-state index contributed by atoms with van der Waals surface area (Å²) in [5.41, 5.74) is 0. The maximum absolute atomic E-state index is 11.6. The van der Waals surface area contributed by atoms with Gasteiger partial charge < -0.3 is 9.64 Å². The SMILES string of the molecule is CC1CN(C(=O)C(C)S)CC(C)O1. The molecule has 4 heteroatoms. The van der Waals surface area contributed by atoms with Crippen LogP contribution in [0.3, 0.4) is 0 Å². The van der Waals surface area contributed by atoms with E-state index in [1.807, 2.05) is 18.7 Å². The molecule has 0 spiro atoms. The van der Waals surface area contributed by atoms with Crippen molar-refractivity contribution in [3.63, 3.8) is 0 Å². The molecule has 0 aromatic rings. The maximum atomic E-state index is 11.6. The van der Waals surface area contributed by atoms with E-state index in [2.05, 4.69) is 12.6 Å². The molecule has 1 amide bonds. The summed E-state index contributed by atoms with van der Waals surface area (Å²) in [7, 11) is 0. The molecule has 3 atom stereocenters. The molecule has 1 rings (SSSR count). The molecule has 3 unspecified atom stereocenters. The predicted molar refractivity (Wildman–Crippen MR) is 55.0 cm³/mol.